The summed E-state index contributed by atoms with van der Waals surface area (Å²) in [4.78, 5) is 4.87. The van der Waals surface area contributed by atoms with E-state index in [9.17, 15) is 0 Å². The number of para-hydroxylation sites is 2. The summed E-state index contributed by atoms with van der Waals surface area (Å²) in [6.07, 6.45) is 0. The van der Waals surface area contributed by atoms with Gasteiger partial charge in [-0.3, -0.25) is 0 Å². The van der Waals surface area contributed by atoms with Gasteiger partial charge < -0.3 is 14.4 Å². The van der Waals surface area contributed by atoms with Gasteiger partial charge in [0.05, 0.1) is 33.0 Å². The SMILES string of the molecule is CC1(C)c2ccccc2C2(c3ccccc3-c3c(-c4ccc(N(c5ccc(-c6ccccc6)cc5)c5ccc(-c6ccc7c(c6)c6ccccc6n7-c6ccccc6)cc5)cc4)cccc32)c2ccccc21.c1ccc(-c2ccc(N(c3ccc(-c4ccc5sc6ccccc6c5c4)cc3)c3cccc4c3-c3ccccc3C43c4ccccc4C(c4ccccc4)(c4ccccc4)c4ccccc43)cc2)cc1. The van der Waals surface area contributed by atoms with Crippen molar-refractivity contribution in [1.82, 2.24) is 4.57 Å². The number of aromatic nitrogens is 1. The lowest BCUT2D eigenvalue weighted by atomic mass is 9.51. The highest BCUT2D eigenvalue weighted by Gasteiger charge is 2.58. The van der Waals surface area contributed by atoms with E-state index in [1.54, 1.807) is 0 Å². The van der Waals surface area contributed by atoms with E-state index in [1.807, 2.05) is 11.3 Å². The lowest BCUT2D eigenvalue weighted by molar-refractivity contribution is 0.563. The third-order valence-corrected chi connectivity index (χ3v) is 32.3. The molecule has 2 spiro atoms. The number of hydrogen-bond donors (Lipinski definition) is 0. The number of rotatable bonds is 14. The summed E-state index contributed by atoms with van der Waals surface area (Å²) in [5.41, 5.74) is 44.1. The standard InChI is InChI=1S/C70H50N2.C68H45NS/c1-69(2)61-26-12-14-28-63(61)70(64-29-15-13-27-62(64)69)60-25-11-9-23-58(60)68-56(24-17-30-65(68)70)50-36-43-55(44-37-50)71(53-39-32-48(33-40-53)47-18-5-3-6-19-47)54-41-34-49(35-42-54)51-38-45-67-59(46-51)57-22-10-16-31-66(57)72(67)52-20-7-4-8-21-52;1-4-19-46(20-5-1)47-35-40-52(41-36-47)69(53-42-37-48(38-43-53)49-39-44-65-56(45-49)54-25-11-17-34-64(54)70-65)63-33-18-32-62-66(63)55-26-10-12-27-57(55)68(62)60-30-15-13-28-58(60)67(50-21-6-2-7-22-50,51-23-8-3-9-24-51)59-29-14-16-31-61(59)68/h3-46H,1-2H3;1-45H. The first-order chi connectivity index (χ1) is 70.2. The van der Waals surface area contributed by atoms with Gasteiger partial charge in [-0.2, -0.15) is 0 Å². The largest absolute Gasteiger partial charge is 0.311 e. The molecule has 2 heterocycles. The summed E-state index contributed by atoms with van der Waals surface area (Å²) in [6.45, 7) is 4.78. The topological polar surface area (TPSA) is 11.4 Å². The average Bonchev–Trinajstić information content (AvgIpc) is 1.42. The molecule has 668 valence electrons. The summed E-state index contributed by atoms with van der Waals surface area (Å²) in [5, 5.41) is 5.12. The fourth-order valence-electron chi connectivity index (χ4n) is 25.0. The van der Waals surface area contributed by atoms with Gasteiger partial charge in [-0.15, -0.1) is 11.3 Å². The van der Waals surface area contributed by atoms with Crippen LogP contribution in [0.25, 0.3) is 126 Å². The van der Waals surface area contributed by atoms with Crippen molar-refractivity contribution in [3.63, 3.8) is 0 Å². The highest BCUT2D eigenvalue weighted by atomic mass is 32.1. The zero-order valence-electron chi connectivity index (χ0n) is 78.6. The van der Waals surface area contributed by atoms with Crippen molar-refractivity contribution in [3.05, 3.63) is 618 Å². The molecule has 0 bridgehead atoms. The Morgan fingerprint density at radius 1 is 0.190 bits per heavy atom. The summed E-state index contributed by atoms with van der Waals surface area (Å²) in [7, 11) is 0. The molecule has 4 aliphatic carbocycles. The van der Waals surface area contributed by atoms with Gasteiger partial charge in [0, 0.05) is 76.0 Å². The number of nitrogens with zero attached hydrogens (tertiary/aromatic N) is 3. The third-order valence-electron chi connectivity index (χ3n) is 31.1. The maximum absolute atomic E-state index is 2.49. The molecule has 0 radical (unpaired) electrons. The van der Waals surface area contributed by atoms with Crippen molar-refractivity contribution >= 4 is 87.4 Å². The molecule has 0 fully saturated rings. The van der Waals surface area contributed by atoms with E-state index in [0.717, 1.165) is 39.8 Å². The van der Waals surface area contributed by atoms with Gasteiger partial charge in [-0.25, -0.2) is 0 Å². The smallest absolute Gasteiger partial charge is 0.0720 e. The molecule has 0 saturated carbocycles. The monoisotopic (exact) mass is 1830 g/mol. The maximum atomic E-state index is 2.49. The van der Waals surface area contributed by atoms with Crippen LogP contribution in [0.2, 0.25) is 0 Å². The van der Waals surface area contributed by atoms with Gasteiger partial charge >= 0.3 is 0 Å². The molecular formula is C138H95N3S. The second-order valence-corrected chi connectivity index (χ2v) is 39.8. The molecule has 3 nitrogen and oxygen atoms in total. The molecule has 142 heavy (non-hydrogen) atoms. The molecule has 0 amide bonds. The molecule has 0 unspecified atom stereocenters. The maximum Gasteiger partial charge on any atom is 0.0720 e. The van der Waals surface area contributed by atoms with Crippen molar-refractivity contribution in [2.75, 3.05) is 9.80 Å². The average molecular weight is 1830 g/mol. The molecule has 0 N–H and O–H groups in total. The van der Waals surface area contributed by atoms with Crippen LogP contribution < -0.4 is 9.80 Å². The quantitative estimate of drug-likeness (QED) is 0.107. The van der Waals surface area contributed by atoms with E-state index in [2.05, 4.69) is 568 Å². The molecule has 0 saturated heterocycles. The summed E-state index contributed by atoms with van der Waals surface area (Å²) in [5.74, 6) is 0. The zero-order chi connectivity index (χ0) is 94.2. The van der Waals surface area contributed by atoms with Crippen molar-refractivity contribution in [2.45, 2.75) is 35.5 Å². The molecular weight excluding hydrogens is 1730 g/mol. The lowest BCUT2D eigenvalue weighted by Crippen LogP contribution is -2.44. The second-order valence-electron chi connectivity index (χ2n) is 38.7. The zero-order valence-corrected chi connectivity index (χ0v) is 79.5. The predicted molar refractivity (Wildman–Crippen MR) is 595 cm³/mol. The van der Waals surface area contributed by atoms with Gasteiger partial charge in [0.25, 0.3) is 0 Å². The number of benzene rings is 22. The number of thiophene rings is 1. The first-order valence-corrected chi connectivity index (χ1v) is 50.2. The summed E-state index contributed by atoms with van der Waals surface area (Å²) in [6, 6.07) is 201. The van der Waals surface area contributed by atoms with Crippen LogP contribution in [0.15, 0.2) is 540 Å². The Morgan fingerprint density at radius 2 is 0.507 bits per heavy atom. The first kappa shape index (κ1) is 83.8. The Labute approximate surface area is 832 Å². The second kappa shape index (κ2) is 33.7. The highest BCUT2D eigenvalue weighted by Crippen LogP contribution is 2.68. The molecule has 4 aliphatic rings. The Hall–Kier alpha value is -17.5. The van der Waals surface area contributed by atoms with E-state index in [-0.39, 0.29) is 5.41 Å². The molecule has 0 atom stereocenters. The van der Waals surface area contributed by atoms with Crippen LogP contribution >= 0.6 is 11.3 Å². The molecule has 0 aliphatic heterocycles. The Balaban J connectivity index is 0.000000142. The first-order valence-electron chi connectivity index (χ1n) is 49.4. The summed E-state index contributed by atoms with van der Waals surface area (Å²) < 4.78 is 5.01. The van der Waals surface area contributed by atoms with E-state index >= 15 is 0 Å². The van der Waals surface area contributed by atoms with Crippen LogP contribution in [0, 0.1) is 0 Å². The number of fused-ring (bicyclic) bond motifs is 24. The number of anilines is 6. The van der Waals surface area contributed by atoms with Gasteiger partial charge in [0.1, 0.15) is 0 Å². The van der Waals surface area contributed by atoms with Crippen molar-refractivity contribution in [2.24, 2.45) is 0 Å². The molecule has 24 aromatic rings. The predicted octanol–water partition coefficient (Wildman–Crippen LogP) is 36.2. The van der Waals surface area contributed by atoms with Crippen LogP contribution in [0.5, 0.6) is 0 Å². The highest BCUT2D eigenvalue weighted by molar-refractivity contribution is 7.25. The van der Waals surface area contributed by atoms with E-state index in [1.165, 1.54) is 198 Å². The normalized spacial score (nSPS) is 13.6. The minimum atomic E-state index is -0.612. The molecule has 22 aromatic carbocycles. The van der Waals surface area contributed by atoms with Gasteiger partial charge in [0.15, 0.2) is 0 Å². The van der Waals surface area contributed by atoms with E-state index < -0.39 is 16.2 Å². The third kappa shape index (κ3) is 12.9. The molecule has 2 aromatic heterocycles. The van der Waals surface area contributed by atoms with Crippen molar-refractivity contribution in [3.8, 4) is 83.6 Å². The van der Waals surface area contributed by atoms with Crippen LogP contribution in [0.4, 0.5) is 34.1 Å². The fraction of sp³-hybridized carbons (Fsp3) is 0.0435. The minimum absolute atomic E-state index is 0.141. The van der Waals surface area contributed by atoms with Crippen molar-refractivity contribution < 1.29 is 0 Å². The number of hydrogen-bond acceptors (Lipinski definition) is 3. The summed E-state index contributed by atoms with van der Waals surface area (Å²) >= 11 is 1.86. The van der Waals surface area contributed by atoms with Gasteiger partial charge in [-0.1, -0.05) is 438 Å². The van der Waals surface area contributed by atoms with Crippen molar-refractivity contribution in [1.29, 1.82) is 0 Å². The van der Waals surface area contributed by atoms with Crippen LogP contribution in [0.3, 0.4) is 0 Å². The van der Waals surface area contributed by atoms with Gasteiger partial charge in [0.2, 0.25) is 0 Å². The minimum Gasteiger partial charge on any atom is -0.311 e. The van der Waals surface area contributed by atoms with Crippen LogP contribution in [-0.2, 0) is 21.7 Å². The van der Waals surface area contributed by atoms with Crippen LogP contribution in [-0.4, -0.2) is 4.57 Å². The van der Waals surface area contributed by atoms with Crippen LogP contribution in [0.1, 0.15) is 91.7 Å². The molecule has 28 rings (SSSR count). The fourth-order valence-corrected chi connectivity index (χ4v) is 26.1. The molecule has 4 heteroatoms. The Bertz CT molecular complexity index is 8870. The van der Waals surface area contributed by atoms with E-state index in [0.29, 0.717) is 0 Å². The Morgan fingerprint density at radius 3 is 1.01 bits per heavy atom. The van der Waals surface area contributed by atoms with Gasteiger partial charge in [-0.05, 0) is 265 Å². The Kier molecular flexibility index (Phi) is 19.9. The van der Waals surface area contributed by atoms with E-state index in [4.69, 9.17) is 0 Å². The lowest BCUT2D eigenvalue weighted by Gasteiger charge is -2.50.